The SMILES string of the molecule is CCCOc1ccc(C(=O)N2CCC(NCC3CC3)CC2)cc1OCC. The number of nitrogens with one attached hydrogen (secondary N) is 1. The van der Waals surface area contributed by atoms with Gasteiger partial charge in [-0.3, -0.25) is 4.79 Å². The molecule has 1 saturated carbocycles. The molecule has 26 heavy (non-hydrogen) atoms. The quantitative estimate of drug-likeness (QED) is 0.732. The zero-order valence-corrected chi connectivity index (χ0v) is 16.1. The molecule has 1 aliphatic heterocycles. The molecule has 1 N–H and O–H groups in total. The summed E-state index contributed by atoms with van der Waals surface area (Å²) in [4.78, 5) is 14.8. The van der Waals surface area contributed by atoms with E-state index in [4.69, 9.17) is 9.47 Å². The highest BCUT2D eigenvalue weighted by Gasteiger charge is 2.26. The van der Waals surface area contributed by atoms with Gasteiger partial charge in [0.1, 0.15) is 0 Å². The molecule has 1 aromatic rings. The topological polar surface area (TPSA) is 50.8 Å². The molecule has 0 radical (unpaired) electrons. The van der Waals surface area contributed by atoms with E-state index in [1.807, 2.05) is 30.0 Å². The minimum absolute atomic E-state index is 0.0913. The van der Waals surface area contributed by atoms with E-state index in [1.165, 1.54) is 12.8 Å². The lowest BCUT2D eigenvalue weighted by atomic mass is 10.0. The average Bonchev–Trinajstić information content (AvgIpc) is 3.50. The third kappa shape index (κ3) is 5.13. The third-order valence-corrected chi connectivity index (χ3v) is 5.13. The molecule has 1 saturated heterocycles. The van der Waals surface area contributed by atoms with Crippen molar-refractivity contribution in [1.82, 2.24) is 10.2 Å². The van der Waals surface area contributed by atoms with E-state index < -0.39 is 0 Å². The summed E-state index contributed by atoms with van der Waals surface area (Å²) in [6, 6.07) is 6.10. The Bertz CT molecular complexity index is 593. The van der Waals surface area contributed by atoms with Crippen LogP contribution in [0.1, 0.15) is 56.3 Å². The second-order valence-electron chi connectivity index (χ2n) is 7.36. The standard InChI is InChI=1S/C21H32N2O3/c1-3-13-26-19-8-7-17(14-20(19)25-4-2)21(24)23-11-9-18(10-12-23)22-15-16-5-6-16/h7-8,14,16,18,22H,3-6,9-13,15H2,1-2H3. The maximum Gasteiger partial charge on any atom is 0.253 e. The lowest BCUT2D eigenvalue weighted by Crippen LogP contribution is -2.45. The van der Waals surface area contributed by atoms with Gasteiger partial charge in [0.2, 0.25) is 0 Å². The zero-order valence-electron chi connectivity index (χ0n) is 16.1. The molecule has 0 atom stereocenters. The molecular formula is C21H32N2O3. The highest BCUT2D eigenvalue weighted by Crippen LogP contribution is 2.30. The average molecular weight is 360 g/mol. The van der Waals surface area contributed by atoms with E-state index in [0.717, 1.165) is 44.8 Å². The van der Waals surface area contributed by atoms with Crippen LogP contribution in [0, 0.1) is 5.92 Å². The Balaban J connectivity index is 1.57. The molecule has 0 unspecified atom stereocenters. The summed E-state index contributed by atoms with van der Waals surface area (Å²) in [5, 5.41) is 3.66. The Labute approximate surface area is 157 Å². The summed E-state index contributed by atoms with van der Waals surface area (Å²) >= 11 is 0. The van der Waals surface area contributed by atoms with Gasteiger partial charge in [0.15, 0.2) is 11.5 Å². The summed E-state index contributed by atoms with van der Waals surface area (Å²) in [6.45, 7) is 8.00. The molecule has 0 aromatic heterocycles. The van der Waals surface area contributed by atoms with Crippen LogP contribution in [0.15, 0.2) is 18.2 Å². The van der Waals surface area contributed by atoms with E-state index in [2.05, 4.69) is 12.2 Å². The number of ether oxygens (including phenoxy) is 2. The lowest BCUT2D eigenvalue weighted by Gasteiger charge is -2.32. The van der Waals surface area contributed by atoms with Crippen LogP contribution in [0.4, 0.5) is 0 Å². The van der Waals surface area contributed by atoms with Crippen molar-refractivity contribution in [1.29, 1.82) is 0 Å². The Morgan fingerprint density at radius 3 is 2.54 bits per heavy atom. The Morgan fingerprint density at radius 1 is 1.12 bits per heavy atom. The fourth-order valence-corrected chi connectivity index (χ4v) is 3.37. The van der Waals surface area contributed by atoms with Crippen molar-refractivity contribution in [2.45, 2.75) is 52.0 Å². The molecule has 3 rings (SSSR count). The van der Waals surface area contributed by atoms with Gasteiger partial charge in [0, 0.05) is 24.7 Å². The van der Waals surface area contributed by atoms with Crippen molar-refractivity contribution in [3.8, 4) is 11.5 Å². The van der Waals surface area contributed by atoms with Crippen molar-refractivity contribution >= 4 is 5.91 Å². The smallest absolute Gasteiger partial charge is 0.253 e. The van der Waals surface area contributed by atoms with Crippen LogP contribution in [0.25, 0.3) is 0 Å². The summed E-state index contributed by atoms with van der Waals surface area (Å²) in [5.74, 6) is 2.37. The maximum absolute atomic E-state index is 12.9. The van der Waals surface area contributed by atoms with Gasteiger partial charge >= 0.3 is 0 Å². The first-order valence-corrected chi connectivity index (χ1v) is 10.1. The number of benzene rings is 1. The largest absolute Gasteiger partial charge is 0.490 e. The van der Waals surface area contributed by atoms with Gasteiger partial charge in [0.25, 0.3) is 5.91 Å². The summed E-state index contributed by atoms with van der Waals surface area (Å²) in [5.41, 5.74) is 0.682. The minimum Gasteiger partial charge on any atom is -0.490 e. The van der Waals surface area contributed by atoms with E-state index in [0.29, 0.717) is 36.3 Å². The van der Waals surface area contributed by atoms with Gasteiger partial charge in [-0.2, -0.15) is 0 Å². The van der Waals surface area contributed by atoms with E-state index in [1.54, 1.807) is 0 Å². The van der Waals surface area contributed by atoms with Gasteiger partial charge in [-0.25, -0.2) is 0 Å². The molecule has 5 nitrogen and oxygen atoms in total. The van der Waals surface area contributed by atoms with Crippen LogP contribution in [0.3, 0.4) is 0 Å². The van der Waals surface area contributed by atoms with Gasteiger partial charge in [-0.1, -0.05) is 6.92 Å². The summed E-state index contributed by atoms with van der Waals surface area (Å²) < 4.78 is 11.4. The predicted molar refractivity (Wildman–Crippen MR) is 103 cm³/mol. The number of carbonyl (C=O) groups excluding carboxylic acids is 1. The first-order chi connectivity index (χ1) is 12.7. The molecule has 1 aliphatic carbocycles. The molecule has 2 fully saturated rings. The van der Waals surface area contributed by atoms with Crippen LogP contribution in [0.2, 0.25) is 0 Å². The van der Waals surface area contributed by atoms with Crippen molar-refractivity contribution in [3.63, 3.8) is 0 Å². The zero-order chi connectivity index (χ0) is 18.4. The van der Waals surface area contributed by atoms with Crippen LogP contribution < -0.4 is 14.8 Å². The van der Waals surface area contributed by atoms with Crippen LogP contribution in [-0.4, -0.2) is 49.7 Å². The van der Waals surface area contributed by atoms with Crippen LogP contribution in [0.5, 0.6) is 11.5 Å². The van der Waals surface area contributed by atoms with Gasteiger partial charge < -0.3 is 19.7 Å². The van der Waals surface area contributed by atoms with E-state index >= 15 is 0 Å². The number of hydrogen-bond acceptors (Lipinski definition) is 4. The summed E-state index contributed by atoms with van der Waals surface area (Å²) in [7, 11) is 0. The monoisotopic (exact) mass is 360 g/mol. The van der Waals surface area contributed by atoms with Crippen molar-refractivity contribution in [2.24, 2.45) is 5.92 Å². The first kappa shape index (κ1) is 19.0. The number of nitrogens with zero attached hydrogens (tertiary/aromatic N) is 1. The van der Waals surface area contributed by atoms with Crippen molar-refractivity contribution in [3.05, 3.63) is 23.8 Å². The first-order valence-electron chi connectivity index (χ1n) is 10.1. The predicted octanol–water partition coefficient (Wildman–Crippen LogP) is 3.48. The molecule has 1 aromatic carbocycles. The maximum atomic E-state index is 12.9. The summed E-state index contributed by atoms with van der Waals surface area (Å²) in [6.07, 6.45) is 5.77. The number of carbonyl (C=O) groups is 1. The molecular weight excluding hydrogens is 328 g/mol. The van der Waals surface area contributed by atoms with Crippen LogP contribution >= 0.6 is 0 Å². The number of rotatable bonds is 9. The highest BCUT2D eigenvalue weighted by molar-refractivity contribution is 5.95. The van der Waals surface area contributed by atoms with Gasteiger partial charge in [-0.05, 0) is 69.7 Å². The molecule has 5 heteroatoms. The van der Waals surface area contributed by atoms with E-state index in [9.17, 15) is 4.79 Å². The fraction of sp³-hybridized carbons (Fsp3) is 0.667. The number of hydrogen-bond donors (Lipinski definition) is 1. The molecule has 0 bridgehead atoms. The fourth-order valence-electron chi connectivity index (χ4n) is 3.37. The Kier molecular flexibility index (Phi) is 6.78. The number of amides is 1. The molecule has 144 valence electrons. The van der Waals surface area contributed by atoms with Crippen LogP contribution in [-0.2, 0) is 0 Å². The van der Waals surface area contributed by atoms with E-state index in [-0.39, 0.29) is 5.91 Å². The molecule has 1 amide bonds. The number of piperidine rings is 1. The molecule has 0 spiro atoms. The minimum atomic E-state index is 0.0913. The molecule has 1 heterocycles. The molecule has 2 aliphatic rings. The van der Waals surface area contributed by atoms with Crippen molar-refractivity contribution < 1.29 is 14.3 Å². The highest BCUT2D eigenvalue weighted by atomic mass is 16.5. The third-order valence-electron chi connectivity index (χ3n) is 5.13. The second kappa shape index (κ2) is 9.26. The lowest BCUT2D eigenvalue weighted by molar-refractivity contribution is 0.0704. The van der Waals surface area contributed by atoms with Gasteiger partial charge in [-0.15, -0.1) is 0 Å². The van der Waals surface area contributed by atoms with Crippen molar-refractivity contribution in [2.75, 3.05) is 32.8 Å². The Morgan fingerprint density at radius 2 is 1.88 bits per heavy atom. The number of likely N-dealkylation sites (tertiary alicyclic amines) is 1. The Hall–Kier alpha value is -1.75. The van der Waals surface area contributed by atoms with Gasteiger partial charge in [0.05, 0.1) is 13.2 Å². The normalized spacial score (nSPS) is 18.0. The second-order valence-corrected chi connectivity index (χ2v) is 7.36.